The Labute approximate surface area is 180 Å². The van der Waals surface area contributed by atoms with Crippen LogP contribution in [-0.4, -0.2) is 15.9 Å². The van der Waals surface area contributed by atoms with Crippen molar-refractivity contribution < 1.29 is 9.18 Å². The second-order valence-electron chi connectivity index (χ2n) is 8.51. The predicted molar refractivity (Wildman–Crippen MR) is 119 cm³/mol. The number of allylic oxidation sites excluding steroid dienone is 2. The second-order valence-corrected chi connectivity index (χ2v) is 8.51. The molecule has 5 heteroatoms. The number of hydrogen-bond acceptors (Lipinski definition) is 3. The molecule has 3 aromatic rings. The molecule has 2 aliphatic carbocycles. The van der Waals surface area contributed by atoms with Crippen molar-refractivity contribution in [1.82, 2.24) is 9.97 Å². The molecule has 2 aromatic heterocycles. The highest BCUT2D eigenvalue weighted by molar-refractivity contribution is 5.92. The van der Waals surface area contributed by atoms with E-state index in [2.05, 4.69) is 27.3 Å². The number of pyridine rings is 2. The lowest BCUT2D eigenvalue weighted by Gasteiger charge is -2.13. The van der Waals surface area contributed by atoms with Crippen LogP contribution in [0.3, 0.4) is 0 Å². The number of carbonyl (C=O) groups is 1. The fraction of sp³-hybridized carbons (Fsp3) is 0.269. The molecule has 5 rings (SSSR count). The summed E-state index contributed by atoms with van der Waals surface area (Å²) in [7, 11) is 0. The maximum atomic E-state index is 13.8. The Hall–Kier alpha value is -3.52. The summed E-state index contributed by atoms with van der Waals surface area (Å²) in [6.07, 6.45) is 14.6. The number of carbonyl (C=O) groups excluding carboxylic acids is 1. The summed E-state index contributed by atoms with van der Waals surface area (Å²) >= 11 is 0. The van der Waals surface area contributed by atoms with Crippen molar-refractivity contribution >= 4 is 28.1 Å². The molecular formula is C26H22FN3O. The highest BCUT2D eigenvalue weighted by atomic mass is 19.1. The fourth-order valence-corrected chi connectivity index (χ4v) is 5.12. The van der Waals surface area contributed by atoms with E-state index in [-0.39, 0.29) is 11.7 Å². The van der Waals surface area contributed by atoms with Crippen LogP contribution in [0.4, 0.5) is 10.1 Å². The highest BCUT2D eigenvalue weighted by Crippen LogP contribution is 2.49. The summed E-state index contributed by atoms with van der Waals surface area (Å²) in [6.45, 7) is 0. The van der Waals surface area contributed by atoms with E-state index in [4.69, 9.17) is 6.42 Å². The summed E-state index contributed by atoms with van der Waals surface area (Å²) in [5.74, 6) is 3.63. The molecule has 0 radical (unpaired) electrons. The lowest BCUT2D eigenvalue weighted by atomic mass is 9.94. The first-order chi connectivity index (χ1) is 15.1. The van der Waals surface area contributed by atoms with Gasteiger partial charge < -0.3 is 5.32 Å². The van der Waals surface area contributed by atoms with Crippen LogP contribution in [0.2, 0.25) is 0 Å². The van der Waals surface area contributed by atoms with Gasteiger partial charge in [-0.3, -0.25) is 9.78 Å². The van der Waals surface area contributed by atoms with Gasteiger partial charge in [0.05, 0.1) is 17.4 Å². The average molecular weight is 411 g/mol. The molecule has 1 N–H and O–H groups in total. The number of aromatic nitrogens is 2. The minimum atomic E-state index is -0.240. The Kier molecular flexibility index (Phi) is 4.99. The van der Waals surface area contributed by atoms with E-state index in [0.717, 1.165) is 35.7 Å². The Balaban J connectivity index is 1.24. The van der Waals surface area contributed by atoms with Crippen molar-refractivity contribution in [3.8, 4) is 12.3 Å². The number of benzene rings is 1. The molecule has 31 heavy (non-hydrogen) atoms. The summed E-state index contributed by atoms with van der Waals surface area (Å²) in [6, 6.07) is 10.2. The van der Waals surface area contributed by atoms with E-state index in [1.54, 1.807) is 36.7 Å². The van der Waals surface area contributed by atoms with Gasteiger partial charge in [0.2, 0.25) is 5.91 Å². The van der Waals surface area contributed by atoms with E-state index in [1.807, 2.05) is 6.07 Å². The number of nitrogens with one attached hydrogen (secondary N) is 1. The maximum Gasteiger partial charge on any atom is 0.224 e. The molecule has 1 saturated carbocycles. The Morgan fingerprint density at radius 3 is 2.87 bits per heavy atom. The molecule has 3 atom stereocenters. The third kappa shape index (κ3) is 3.94. The van der Waals surface area contributed by atoms with Gasteiger partial charge in [-0.15, -0.1) is 6.42 Å². The number of anilines is 1. The molecule has 4 nitrogen and oxygen atoms in total. The molecule has 2 heterocycles. The van der Waals surface area contributed by atoms with Crippen molar-refractivity contribution in [3.05, 3.63) is 71.9 Å². The molecule has 1 amide bonds. The lowest BCUT2D eigenvalue weighted by molar-refractivity contribution is -0.117. The summed E-state index contributed by atoms with van der Waals surface area (Å²) in [5, 5.41) is 3.79. The second kappa shape index (κ2) is 7.96. The number of nitrogens with zero attached hydrogens (tertiary/aromatic N) is 2. The number of fused-ring (bicyclic) bond motifs is 2. The zero-order chi connectivity index (χ0) is 21.4. The van der Waals surface area contributed by atoms with Crippen LogP contribution >= 0.6 is 0 Å². The molecule has 0 saturated heterocycles. The SMILES string of the molecule is C#Cc1ccc(NC(=O)CC2CC3C=C(c4ccnc5ccc(F)cc45)CC3C2)cn1. The van der Waals surface area contributed by atoms with Gasteiger partial charge in [0.1, 0.15) is 11.5 Å². The van der Waals surface area contributed by atoms with Crippen LogP contribution in [0.15, 0.2) is 54.9 Å². The minimum Gasteiger partial charge on any atom is -0.325 e. The average Bonchev–Trinajstić information content (AvgIpc) is 3.32. The van der Waals surface area contributed by atoms with Crippen LogP contribution in [0, 0.1) is 35.9 Å². The fourth-order valence-electron chi connectivity index (χ4n) is 5.12. The number of rotatable bonds is 4. The lowest BCUT2D eigenvalue weighted by Crippen LogP contribution is -2.15. The standard InChI is InChI=1S/C26H22FN3O/c1-2-21-4-5-22(15-29-21)30-26(31)11-16-9-17-12-19(13-18(17)10-16)23-7-8-28-25-6-3-20(27)14-24(23)25/h1,3-8,12,14-18H,9-11,13H2,(H,30,31). The summed E-state index contributed by atoms with van der Waals surface area (Å²) in [4.78, 5) is 20.9. The van der Waals surface area contributed by atoms with Crippen molar-refractivity contribution in [2.75, 3.05) is 5.32 Å². The van der Waals surface area contributed by atoms with Gasteiger partial charge in [-0.05, 0) is 84.6 Å². The number of amides is 1. The van der Waals surface area contributed by atoms with E-state index >= 15 is 0 Å². The summed E-state index contributed by atoms with van der Waals surface area (Å²) in [5.41, 5.74) is 4.39. The zero-order valence-corrected chi connectivity index (χ0v) is 17.0. The molecule has 0 bridgehead atoms. The predicted octanol–water partition coefficient (Wildman–Crippen LogP) is 5.21. The van der Waals surface area contributed by atoms with Gasteiger partial charge in [-0.1, -0.05) is 12.0 Å². The normalized spacial score (nSPS) is 22.1. The quantitative estimate of drug-likeness (QED) is 0.600. The number of terminal acetylenes is 1. The van der Waals surface area contributed by atoms with Gasteiger partial charge in [-0.2, -0.15) is 0 Å². The molecule has 0 spiro atoms. The van der Waals surface area contributed by atoms with Crippen LogP contribution < -0.4 is 5.32 Å². The Bertz CT molecular complexity index is 1230. The van der Waals surface area contributed by atoms with E-state index in [1.165, 1.54) is 11.6 Å². The molecule has 2 aliphatic rings. The van der Waals surface area contributed by atoms with Crippen LogP contribution in [-0.2, 0) is 4.79 Å². The highest BCUT2D eigenvalue weighted by Gasteiger charge is 2.38. The van der Waals surface area contributed by atoms with E-state index in [0.29, 0.717) is 35.6 Å². The number of hydrogen-bond donors (Lipinski definition) is 1. The topological polar surface area (TPSA) is 54.9 Å². The van der Waals surface area contributed by atoms with Gasteiger partial charge >= 0.3 is 0 Å². The van der Waals surface area contributed by atoms with Gasteiger partial charge in [0.15, 0.2) is 0 Å². The third-order valence-corrected chi connectivity index (χ3v) is 6.46. The van der Waals surface area contributed by atoms with Crippen molar-refractivity contribution in [1.29, 1.82) is 0 Å². The van der Waals surface area contributed by atoms with Crippen molar-refractivity contribution in [2.45, 2.75) is 25.7 Å². The molecular weight excluding hydrogens is 389 g/mol. The third-order valence-electron chi connectivity index (χ3n) is 6.46. The molecule has 1 fully saturated rings. The first-order valence-electron chi connectivity index (χ1n) is 10.6. The van der Waals surface area contributed by atoms with E-state index in [9.17, 15) is 9.18 Å². The monoisotopic (exact) mass is 411 g/mol. The van der Waals surface area contributed by atoms with Crippen molar-refractivity contribution in [3.63, 3.8) is 0 Å². The molecule has 3 unspecified atom stereocenters. The van der Waals surface area contributed by atoms with Gasteiger partial charge in [0, 0.05) is 18.0 Å². The van der Waals surface area contributed by atoms with Gasteiger partial charge in [-0.25, -0.2) is 9.37 Å². The minimum absolute atomic E-state index is 0.0139. The smallest absolute Gasteiger partial charge is 0.224 e. The van der Waals surface area contributed by atoms with Gasteiger partial charge in [0.25, 0.3) is 0 Å². The van der Waals surface area contributed by atoms with Crippen LogP contribution in [0.25, 0.3) is 16.5 Å². The van der Waals surface area contributed by atoms with E-state index < -0.39 is 0 Å². The Morgan fingerprint density at radius 2 is 2.10 bits per heavy atom. The first-order valence-corrected chi connectivity index (χ1v) is 10.6. The largest absolute Gasteiger partial charge is 0.325 e. The molecule has 0 aliphatic heterocycles. The molecule has 154 valence electrons. The van der Waals surface area contributed by atoms with Crippen molar-refractivity contribution in [2.24, 2.45) is 17.8 Å². The van der Waals surface area contributed by atoms with Crippen LogP contribution in [0.1, 0.15) is 36.9 Å². The first kappa shape index (κ1) is 19.4. The molecule has 1 aromatic carbocycles. The van der Waals surface area contributed by atoms with Crippen LogP contribution in [0.5, 0.6) is 0 Å². The summed E-state index contributed by atoms with van der Waals surface area (Å²) < 4.78 is 13.8. The number of halogens is 1. The maximum absolute atomic E-state index is 13.8. The Morgan fingerprint density at radius 1 is 1.19 bits per heavy atom. The zero-order valence-electron chi connectivity index (χ0n) is 17.0.